The number of rotatable bonds is 6. The second kappa shape index (κ2) is 7.17. The van der Waals surface area contributed by atoms with Crippen LogP contribution >= 0.6 is 0 Å². The van der Waals surface area contributed by atoms with Crippen LogP contribution in [0.1, 0.15) is 38.3 Å². The normalized spacial score (nSPS) is 12.2. The Hall–Kier alpha value is -1.35. The van der Waals surface area contributed by atoms with E-state index in [2.05, 4.69) is 50.5 Å². The molecular weight excluding hydrogens is 224 g/mol. The number of aryl methyl sites for hydroxylation is 2. The number of carbonyl (C=O) groups is 1. The van der Waals surface area contributed by atoms with Crippen LogP contribution in [0.3, 0.4) is 0 Å². The number of hydrogen-bond donors (Lipinski definition) is 2. The number of nitrogens with one attached hydrogen (secondary N) is 2. The molecule has 3 heteroatoms. The van der Waals surface area contributed by atoms with Gasteiger partial charge in [-0.05, 0) is 49.9 Å². The highest BCUT2D eigenvalue weighted by atomic mass is 16.1. The molecule has 0 aliphatic rings. The van der Waals surface area contributed by atoms with Gasteiger partial charge in [-0.25, -0.2) is 0 Å². The minimum absolute atomic E-state index is 0.0150. The van der Waals surface area contributed by atoms with Crippen LogP contribution in [0.5, 0.6) is 0 Å². The van der Waals surface area contributed by atoms with Crippen LogP contribution in [-0.2, 0) is 11.2 Å². The van der Waals surface area contributed by atoms with Gasteiger partial charge in [-0.15, -0.1) is 0 Å². The summed E-state index contributed by atoms with van der Waals surface area (Å²) in [6, 6.07) is 6.43. The summed E-state index contributed by atoms with van der Waals surface area (Å²) in [4.78, 5) is 11.7. The van der Waals surface area contributed by atoms with Crippen LogP contribution in [0.2, 0.25) is 0 Å². The van der Waals surface area contributed by atoms with Crippen molar-refractivity contribution < 1.29 is 4.79 Å². The van der Waals surface area contributed by atoms with Gasteiger partial charge in [0.25, 0.3) is 0 Å². The standard InChI is InChI=1S/C15H24N2O/c1-5-12(4)16-10-15(18)17-14-8-7-11(3)13(6-2)9-14/h7-9,12,16H,5-6,10H2,1-4H3,(H,17,18). The van der Waals surface area contributed by atoms with Crippen molar-refractivity contribution in [2.45, 2.75) is 46.6 Å². The van der Waals surface area contributed by atoms with E-state index in [9.17, 15) is 4.79 Å². The van der Waals surface area contributed by atoms with Crippen molar-refractivity contribution in [1.29, 1.82) is 0 Å². The highest BCUT2D eigenvalue weighted by Gasteiger charge is 2.05. The summed E-state index contributed by atoms with van der Waals surface area (Å²) in [6.07, 6.45) is 2.01. The van der Waals surface area contributed by atoms with Crippen LogP contribution in [-0.4, -0.2) is 18.5 Å². The summed E-state index contributed by atoms with van der Waals surface area (Å²) in [5.41, 5.74) is 3.43. The van der Waals surface area contributed by atoms with Gasteiger partial charge in [-0.3, -0.25) is 4.79 Å². The van der Waals surface area contributed by atoms with Crippen molar-refractivity contribution in [3.63, 3.8) is 0 Å². The Morgan fingerprint density at radius 3 is 2.67 bits per heavy atom. The Bertz CT molecular complexity index is 401. The lowest BCUT2D eigenvalue weighted by Gasteiger charge is -2.12. The van der Waals surface area contributed by atoms with E-state index in [1.54, 1.807) is 0 Å². The van der Waals surface area contributed by atoms with Crippen LogP contribution in [0.25, 0.3) is 0 Å². The summed E-state index contributed by atoms with van der Waals surface area (Å²) in [6.45, 7) is 8.76. The molecule has 0 spiro atoms. The first-order valence-corrected chi connectivity index (χ1v) is 6.69. The predicted molar refractivity (Wildman–Crippen MR) is 76.9 cm³/mol. The van der Waals surface area contributed by atoms with E-state index in [4.69, 9.17) is 0 Å². The quantitative estimate of drug-likeness (QED) is 0.812. The first-order chi connectivity index (χ1) is 8.56. The molecule has 0 heterocycles. The Labute approximate surface area is 110 Å². The Balaban J connectivity index is 2.54. The van der Waals surface area contributed by atoms with E-state index in [1.165, 1.54) is 11.1 Å². The van der Waals surface area contributed by atoms with Crippen LogP contribution in [0, 0.1) is 6.92 Å². The fourth-order valence-electron chi connectivity index (χ4n) is 1.75. The van der Waals surface area contributed by atoms with Gasteiger partial charge in [0.15, 0.2) is 0 Å². The molecule has 0 saturated heterocycles. The molecule has 0 bridgehead atoms. The third kappa shape index (κ3) is 4.49. The van der Waals surface area contributed by atoms with Crippen LogP contribution < -0.4 is 10.6 Å². The average molecular weight is 248 g/mol. The van der Waals surface area contributed by atoms with Crippen molar-refractivity contribution >= 4 is 11.6 Å². The zero-order chi connectivity index (χ0) is 13.5. The zero-order valence-electron chi connectivity index (χ0n) is 11.8. The molecule has 0 aliphatic heterocycles. The molecule has 0 aromatic heterocycles. The monoisotopic (exact) mass is 248 g/mol. The number of amides is 1. The molecule has 0 aliphatic carbocycles. The van der Waals surface area contributed by atoms with Crippen LogP contribution in [0.15, 0.2) is 18.2 Å². The number of carbonyl (C=O) groups excluding carboxylic acids is 1. The maximum atomic E-state index is 11.7. The first-order valence-electron chi connectivity index (χ1n) is 6.69. The molecule has 1 aromatic carbocycles. The molecule has 0 radical (unpaired) electrons. The maximum absolute atomic E-state index is 11.7. The van der Waals surface area contributed by atoms with Gasteiger partial charge < -0.3 is 10.6 Å². The van der Waals surface area contributed by atoms with Crippen molar-refractivity contribution in [3.05, 3.63) is 29.3 Å². The van der Waals surface area contributed by atoms with E-state index < -0.39 is 0 Å². The smallest absolute Gasteiger partial charge is 0.238 e. The topological polar surface area (TPSA) is 41.1 Å². The number of hydrogen-bond acceptors (Lipinski definition) is 2. The predicted octanol–water partition coefficient (Wildman–Crippen LogP) is 2.88. The third-order valence-electron chi connectivity index (χ3n) is 3.24. The second-order valence-electron chi connectivity index (χ2n) is 4.73. The lowest BCUT2D eigenvalue weighted by Crippen LogP contribution is -2.33. The van der Waals surface area contributed by atoms with E-state index in [0.29, 0.717) is 12.6 Å². The van der Waals surface area contributed by atoms with Gasteiger partial charge >= 0.3 is 0 Å². The number of benzene rings is 1. The fraction of sp³-hybridized carbons (Fsp3) is 0.533. The summed E-state index contributed by atoms with van der Waals surface area (Å²) < 4.78 is 0. The molecule has 1 amide bonds. The van der Waals surface area contributed by atoms with Gasteiger partial charge in [-0.2, -0.15) is 0 Å². The molecule has 1 atom stereocenters. The zero-order valence-corrected chi connectivity index (χ0v) is 11.8. The van der Waals surface area contributed by atoms with Gasteiger partial charge in [0.1, 0.15) is 0 Å². The highest BCUT2D eigenvalue weighted by molar-refractivity contribution is 5.92. The Morgan fingerprint density at radius 2 is 2.06 bits per heavy atom. The molecule has 0 fully saturated rings. The van der Waals surface area contributed by atoms with Crippen LogP contribution in [0.4, 0.5) is 5.69 Å². The van der Waals surface area contributed by atoms with Crippen molar-refractivity contribution in [2.75, 3.05) is 11.9 Å². The SMILES string of the molecule is CCc1cc(NC(=O)CNC(C)CC)ccc1C. The molecule has 18 heavy (non-hydrogen) atoms. The summed E-state index contributed by atoms with van der Waals surface area (Å²) in [5.74, 6) is 0.0150. The molecule has 1 rings (SSSR count). The minimum atomic E-state index is 0.0150. The van der Waals surface area contributed by atoms with E-state index >= 15 is 0 Å². The summed E-state index contributed by atoms with van der Waals surface area (Å²) >= 11 is 0. The van der Waals surface area contributed by atoms with Crippen molar-refractivity contribution in [2.24, 2.45) is 0 Å². The molecule has 3 nitrogen and oxygen atoms in total. The largest absolute Gasteiger partial charge is 0.325 e. The summed E-state index contributed by atoms with van der Waals surface area (Å²) in [5, 5.41) is 6.10. The van der Waals surface area contributed by atoms with Gasteiger partial charge in [-0.1, -0.05) is 19.9 Å². The van der Waals surface area contributed by atoms with Gasteiger partial charge in [0.2, 0.25) is 5.91 Å². The molecule has 0 saturated carbocycles. The van der Waals surface area contributed by atoms with E-state index in [0.717, 1.165) is 18.5 Å². The number of anilines is 1. The second-order valence-corrected chi connectivity index (χ2v) is 4.73. The van der Waals surface area contributed by atoms with Gasteiger partial charge in [0, 0.05) is 11.7 Å². The molecule has 1 aromatic rings. The maximum Gasteiger partial charge on any atom is 0.238 e. The lowest BCUT2D eigenvalue weighted by atomic mass is 10.1. The van der Waals surface area contributed by atoms with Crippen molar-refractivity contribution in [3.8, 4) is 0 Å². The average Bonchev–Trinajstić information content (AvgIpc) is 2.38. The fourth-order valence-corrected chi connectivity index (χ4v) is 1.75. The minimum Gasteiger partial charge on any atom is -0.325 e. The lowest BCUT2D eigenvalue weighted by molar-refractivity contribution is -0.115. The van der Waals surface area contributed by atoms with Crippen molar-refractivity contribution in [1.82, 2.24) is 5.32 Å². The Kier molecular flexibility index (Phi) is 5.86. The molecular formula is C15H24N2O. The summed E-state index contributed by atoms with van der Waals surface area (Å²) in [7, 11) is 0. The van der Waals surface area contributed by atoms with E-state index in [-0.39, 0.29) is 5.91 Å². The Morgan fingerprint density at radius 1 is 1.33 bits per heavy atom. The molecule has 2 N–H and O–H groups in total. The van der Waals surface area contributed by atoms with E-state index in [1.807, 2.05) is 6.07 Å². The highest BCUT2D eigenvalue weighted by Crippen LogP contribution is 2.15. The first kappa shape index (κ1) is 14.7. The molecule has 100 valence electrons. The van der Waals surface area contributed by atoms with Gasteiger partial charge in [0.05, 0.1) is 6.54 Å². The third-order valence-corrected chi connectivity index (χ3v) is 3.24. The molecule has 1 unspecified atom stereocenters.